The van der Waals surface area contributed by atoms with Crippen molar-refractivity contribution < 1.29 is 61.6 Å². The number of aromatic nitrogens is 6. The number of ether oxygens (including phenoxy) is 3. The Labute approximate surface area is 589 Å². The summed E-state index contributed by atoms with van der Waals surface area (Å²) in [7, 11) is 9.83. The molecule has 3 aromatic heterocycles. The molecule has 0 radical (unpaired) electrons. The molecular formula is C72H103B3BrN9O13. The molecule has 6 aromatic rings. The fraction of sp³-hybridized carbons (Fsp3) is 0.583. The molecule has 0 spiro atoms. The van der Waals surface area contributed by atoms with E-state index >= 15 is 0 Å². The first kappa shape index (κ1) is 75.5. The molecule has 22 nitrogen and oxygen atoms in total. The van der Waals surface area contributed by atoms with Gasteiger partial charge >= 0.3 is 39.4 Å². The van der Waals surface area contributed by atoms with Crippen LogP contribution in [-0.2, 0) is 83.1 Å². The Morgan fingerprint density at radius 1 is 0.449 bits per heavy atom. The topological polar surface area (TPSA) is 218 Å². The fourth-order valence-electron chi connectivity index (χ4n) is 12.6. The number of imidazole rings is 3. The van der Waals surface area contributed by atoms with Crippen molar-refractivity contribution in [3.8, 4) is 39.5 Å². The second-order valence-electron chi connectivity index (χ2n) is 29.8. The van der Waals surface area contributed by atoms with Crippen LogP contribution < -0.4 is 5.46 Å². The van der Waals surface area contributed by atoms with Crippen LogP contribution in [0, 0.1) is 0 Å². The number of halogens is 1. The number of hydrogen-bond acceptors (Lipinski definition) is 16. The Morgan fingerprint density at radius 3 is 0.990 bits per heavy atom. The van der Waals surface area contributed by atoms with Crippen LogP contribution in [0.1, 0.15) is 177 Å². The molecule has 530 valence electrons. The molecule has 0 atom stereocenters. The average molecular weight is 1420 g/mol. The zero-order valence-electron chi connectivity index (χ0n) is 61.0. The summed E-state index contributed by atoms with van der Waals surface area (Å²) in [4.78, 5) is 55.7. The van der Waals surface area contributed by atoms with Crippen molar-refractivity contribution >= 4 is 60.8 Å². The molecule has 3 aromatic carbocycles. The fourth-order valence-corrected chi connectivity index (χ4v) is 12.9. The summed E-state index contributed by atoms with van der Waals surface area (Å²) in [6.45, 7) is 25.0. The van der Waals surface area contributed by atoms with Crippen molar-refractivity contribution in [2.45, 2.75) is 232 Å². The lowest BCUT2D eigenvalue weighted by Gasteiger charge is -2.32. The third-order valence-electron chi connectivity index (χ3n) is 21.4. The number of phenolic OH excluding ortho intramolecular Hbond substituents is 1. The summed E-state index contributed by atoms with van der Waals surface area (Å²) in [6, 6.07) is 23.7. The summed E-state index contributed by atoms with van der Waals surface area (Å²) in [5.41, 5.74) is 6.62. The number of aromatic hydroxyl groups is 1. The Balaban J connectivity index is 0.000000156. The molecule has 12 rings (SSSR count). The SMILES string of the molecule is CC1(C)OB(B2OC(C)(C)C(C)(C)O2)OC1(C)C.CN(C(=O)OCc1c(-c2ccc(B3OC(C)(C)C(C)(C)O3)cc2)ncn1C)C1CCCC1.CN(C(=O)OCc1c(-c2ccc(Br)cc2)ncn1C)C1CCCC1.CN(C(=O)OCc1c(-c2ccc(O)cc2)ncn1C)C1CCCC1. The average Bonchev–Trinajstić information content (AvgIpc) is 1.53. The highest BCUT2D eigenvalue weighted by Crippen LogP contribution is 2.44. The van der Waals surface area contributed by atoms with Crippen LogP contribution in [0.25, 0.3) is 33.8 Å². The van der Waals surface area contributed by atoms with E-state index in [9.17, 15) is 19.5 Å². The number of amides is 3. The van der Waals surface area contributed by atoms with Crippen molar-refractivity contribution in [1.29, 1.82) is 0 Å². The maximum absolute atomic E-state index is 12.5. The lowest BCUT2D eigenvalue weighted by atomic mass is 9.49. The Kier molecular flexibility index (Phi) is 23.9. The monoisotopic (exact) mass is 1410 g/mol. The largest absolute Gasteiger partial charge is 0.508 e. The van der Waals surface area contributed by atoms with Gasteiger partial charge in [0.1, 0.15) is 25.6 Å². The summed E-state index contributed by atoms with van der Waals surface area (Å²) < 4.78 is 59.5. The van der Waals surface area contributed by atoms with Gasteiger partial charge in [-0.1, -0.05) is 90.9 Å². The maximum Gasteiger partial charge on any atom is 0.494 e. The molecule has 6 heterocycles. The number of aryl methyl sites for hydroxylation is 3. The van der Waals surface area contributed by atoms with Crippen molar-refractivity contribution in [3.63, 3.8) is 0 Å². The first-order valence-electron chi connectivity index (χ1n) is 34.5. The zero-order chi connectivity index (χ0) is 71.3. The van der Waals surface area contributed by atoms with Gasteiger partial charge in [-0.15, -0.1) is 0 Å². The van der Waals surface area contributed by atoms with E-state index in [1.807, 2.05) is 188 Å². The van der Waals surface area contributed by atoms with Crippen LogP contribution in [0.15, 0.2) is 96.3 Å². The number of hydrogen-bond donors (Lipinski definition) is 1. The minimum absolute atomic E-state index is 0.169. The van der Waals surface area contributed by atoms with E-state index in [2.05, 4.69) is 30.9 Å². The standard InChI is InChI=1S/C24H34BN3O4.C18H22BrN3O2.C18H23N3O3.C12H24B2O4/c1-23(2)24(3,4)32-25(31-23)18-13-11-17(12-14-18)21-20(27(5)16-26-21)15-30-22(29)28(6)19-9-7-8-10-19;1-21-12-20-17(13-7-9-14(19)10-8-13)16(21)11-24-18(23)22(2)15-5-3-4-6-15;1-20-12-19-17(13-7-9-15(22)10-8-13)16(20)11-24-18(23)21(2)14-5-3-4-6-14;1-9(2)10(3,4)16-13(15-9)14-17-11(5,6)12(7,8)18-14/h11-14,16,19H,7-10,15H2,1-6H3;7-10,12,15H,3-6,11H2,1-2H3;7-10,12,14,22H,3-6,11H2,1-2H3;1-8H3. The van der Waals surface area contributed by atoms with Gasteiger partial charge in [-0.3, -0.25) is 0 Å². The summed E-state index contributed by atoms with van der Waals surface area (Å²) in [5, 5.41) is 9.42. The van der Waals surface area contributed by atoms with Gasteiger partial charge in [-0.2, -0.15) is 0 Å². The normalized spacial score (nSPS) is 19.6. The molecular weight excluding hydrogens is 1310 g/mol. The number of rotatable bonds is 14. The smallest absolute Gasteiger partial charge is 0.494 e. The maximum atomic E-state index is 12.5. The highest BCUT2D eigenvalue weighted by Gasteiger charge is 2.64. The molecule has 3 saturated carbocycles. The van der Waals surface area contributed by atoms with Crippen LogP contribution in [0.4, 0.5) is 14.4 Å². The van der Waals surface area contributed by atoms with Crippen LogP contribution in [-0.4, -0.2) is 161 Å². The van der Waals surface area contributed by atoms with Gasteiger partial charge in [0.05, 0.1) is 86.8 Å². The molecule has 1 N–H and O–H groups in total. The van der Waals surface area contributed by atoms with Gasteiger partial charge in [-0.05, 0) is 163 Å². The van der Waals surface area contributed by atoms with Crippen molar-refractivity contribution in [3.05, 3.63) is 113 Å². The molecule has 6 aliphatic rings. The van der Waals surface area contributed by atoms with Crippen molar-refractivity contribution in [2.75, 3.05) is 21.1 Å². The molecule has 3 saturated heterocycles. The van der Waals surface area contributed by atoms with Gasteiger partial charge < -0.3 is 75.6 Å². The predicted octanol–water partition coefficient (Wildman–Crippen LogP) is 13.8. The number of carbonyl (C=O) groups excluding carboxylic acids is 3. The quantitative estimate of drug-likeness (QED) is 0.0792. The van der Waals surface area contributed by atoms with E-state index < -0.39 is 21.1 Å². The van der Waals surface area contributed by atoms with Crippen LogP contribution in [0.3, 0.4) is 0 Å². The first-order valence-corrected chi connectivity index (χ1v) is 35.3. The van der Waals surface area contributed by atoms with E-state index in [0.29, 0.717) is 12.1 Å². The second-order valence-corrected chi connectivity index (χ2v) is 30.7. The van der Waals surface area contributed by atoms with E-state index in [1.165, 1.54) is 38.5 Å². The Bertz CT molecular complexity index is 3450. The molecule has 6 fully saturated rings. The van der Waals surface area contributed by atoms with E-state index in [0.717, 1.165) is 99.3 Å². The first-order chi connectivity index (χ1) is 46.1. The summed E-state index contributed by atoms with van der Waals surface area (Å²) in [5.74, 6) is 0.209. The highest BCUT2D eigenvalue weighted by atomic mass is 79.9. The summed E-state index contributed by atoms with van der Waals surface area (Å²) in [6.07, 6.45) is 17.8. The van der Waals surface area contributed by atoms with E-state index in [4.69, 9.17) is 42.1 Å². The van der Waals surface area contributed by atoms with Gasteiger partial charge in [0.2, 0.25) is 0 Å². The van der Waals surface area contributed by atoms with Crippen molar-refractivity contribution in [2.24, 2.45) is 21.1 Å². The predicted molar refractivity (Wildman–Crippen MR) is 384 cm³/mol. The molecule has 3 aliphatic heterocycles. The third-order valence-corrected chi connectivity index (χ3v) is 21.9. The Morgan fingerprint density at radius 2 is 0.704 bits per heavy atom. The van der Waals surface area contributed by atoms with Gasteiger partial charge in [0, 0.05) is 81.6 Å². The molecule has 0 bridgehead atoms. The van der Waals surface area contributed by atoms with E-state index in [-0.39, 0.29) is 83.5 Å². The highest BCUT2D eigenvalue weighted by molar-refractivity contribution is 9.10. The van der Waals surface area contributed by atoms with E-state index in [1.54, 1.807) is 57.9 Å². The van der Waals surface area contributed by atoms with Gasteiger partial charge in [0.25, 0.3) is 0 Å². The van der Waals surface area contributed by atoms with Gasteiger partial charge in [-0.25, -0.2) is 29.3 Å². The molecule has 0 unspecified atom stereocenters. The third kappa shape index (κ3) is 17.5. The number of carbonyl (C=O) groups is 3. The number of phenols is 1. The van der Waals surface area contributed by atoms with Crippen LogP contribution in [0.5, 0.6) is 5.75 Å². The zero-order valence-corrected chi connectivity index (χ0v) is 62.6. The van der Waals surface area contributed by atoms with Crippen LogP contribution >= 0.6 is 15.9 Å². The van der Waals surface area contributed by atoms with Gasteiger partial charge in [0.15, 0.2) is 0 Å². The lowest BCUT2D eigenvalue weighted by Crippen LogP contribution is -2.41. The lowest BCUT2D eigenvalue weighted by molar-refractivity contribution is 0.00578. The minimum Gasteiger partial charge on any atom is -0.508 e. The summed E-state index contributed by atoms with van der Waals surface area (Å²) >= 11 is 3.44. The Hall–Kier alpha value is -6.67. The molecule has 3 aliphatic carbocycles. The second kappa shape index (κ2) is 31.1. The van der Waals surface area contributed by atoms with Crippen molar-refractivity contribution in [1.82, 2.24) is 43.4 Å². The van der Waals surface area contributed by atoms with Crippen LogP contribution in [0.2, 0.25) is 0 Å². The number of nitrogens with zero attached hydrogens (tertiary/aromatic N) is 9. The molecule has 3 amide bonds. The molecule has 98 heavy (non-hydrogen) atoms. The molecule has 26 heteroatoms. The minimum atomic E-state index is -0.476. The number of benzene rings is 3.